The number of carbonyl (C=O) groups excluding carboxylic acids is 1. The Kier molecular flexibility index (Phi) is 8.20. The molecule has 1 aromatic heterocycles. The van der Waals surface area contributed by atoms with E-state index in [4.69, 9.17) is 14.5 Å². The van der Waals surface area contributed by atoms with Gasteiger partial charge >= 0.3 is 6.09 Å². The fraction of sp³-hybridized carbons (Fsp3) is 0.333. The molecule has 0 N–H and O–H groups in total. The van der Waals surface area contributed by atoms with Gasteiger partial charge in [0.15, 0.2) is 11.6 Å². The predicted molar refractivity (Wildman–Crippen MR) is 146 cm³/mol. The van der Waals surface area contributed by atoms with Crippen LogP contribution in [0.5, 0.6) is 5.75 Å². The van der Waals surface area contributed by atoms with Gasteiger partial charge in [-0.15, -0.1) is 0 Å². The van der Waals surface area contributed by atoms with Gasteiger partial charge in [-0.3, -0.25) is 0 Å². The molecule has 0 saturated carbocycles. The molecular weight excluding hydrogens is 516 g/mol. The molecule has 2 aromatic carbocycles. The number of amides is 1. The summed E-state index contributed by atoms with van der Waals surface area (Å²) in [7, 11) is 1.35. The molecule has 0 aliphatic carbocycles. The van der Waals surface area contributed by atoms with Crippen LogP contribution in [0, 0.1) is 34.3 Å². The fourth-order valence-corrected chi connectivity index (χ4v) is 4.51. The third kappa shape index (κ3) is 6.13. The second-order valence-electron chi connectivity index (χ2n) is 10.3. The number of nitriles is 2. The number of methoxy groups -OCH3 is 1. The molecule has 206 valence electrons. The van der Waals surface area contributed by atoms with Gasteiger partial charge in [-0.25, -0.2) is 18.6 Å². The Hall–Kier alpha value is -4.70. The molecule has 1 aliphatic rings. The zero-order valence-electron chi connectivity index (χ0n) is 22.8. The first-order valence-electron chi connectivity index (χ1n) is 12.8. The molecule has 0 atom stereocenters. The SMILES string of the molecule is COc1ccc(-c2c(C#N)cc(N3CCCN(C(=O)OC(C)(C)C)CC3)nc2-c2ccc(C#N)c(F)c2)cc1F. The number of rotatable bonds is 4. The first-order valence-corrected chi connectivity index (χ1v) is 12.8. The first-order chi connectivity index (χ1) is 19.0. The normalized spacial score (nSPS) is 13.7. The van der Waals surface area contributed by atoms with Crippen molar-refractivity contribution in [2.45, 2.75) is 32.8 Å². The molecule has 1 fully saturated rings. The van der Waals surface area contributed by atoms with E-state index in [0.717, 1.165) is 0 Å². The number of pyridine rings is 1. The van der Waals surface area contributed by atoms with Crippen LogP contribution >= 0.6 is 0 Å². The van der Waals surface area contributed by atoms with E-state index >= 15 is 0 Å². The highest BCUT2D eigenvalue weighted by atomic mass is 19.1. The number of hydrogen-bond acceptors (Lipinski definition) is 7. The van der Waals surface area contributed by atoms with Gasteiger partial charge in [0, 0.05) is 37.3 Å². The smallest absolute Gasteiger partial charge is 0.410 e. The highest BCUT2D eigenvalue weighted by Crippen LogP contribution is 2.38. The molecule has 8 nitrogen and oxygen atoms in total. The van der Waals surface area contributed by atoms with E-state index in [1.54, 1.807) is 29.2 Å². The standard InChI is InChI=1S/C30H29F2N5O3/c1-30(2,3)40-29(38)37-11-5-10-36(12-13-37)26-16-22(18-34)27(19-8-9-25(39-4)24(32)14-19)28(35-26)20-6-7-21(17-33)23(31)15-20/h6-9,14-16H,5,10-13H2,1-4H3. The second-order valence-corrected chi connectivity index (χ2v) is 10.3. The van der Waals surface area contributed by atoms with Crippen LogP contribution in [0.1, 0.15) is 38.3 Å². The van der Waals surface area contributed by atoms with E-state index in [1.807, 2.05) is 25.7 Å². The summed E-state index contributed by atoms with van der Waals surface area (Å²) in [5, 5.41) is 19.4. The zero-order valence-corrected chi connectivity index (χ0v) is 22.8. The Morgan fingerprint density at radius 2 is 1.62 bits per heavy atom. The maximum atomic E-state index is 14.7. The van der Waals surface area contributed by atoms with Gasteiger partial charge < -0.3 is 19.3 Å². The van der Waals surface area contributed by atoms with Gasteiger partial charge in [0.25, 0.3) is 0 Å². The maximum absolute atomic E-state index is 14.7. The van der Waals surface area contributed by atoms with Gasteiger partial charge in [-0.05, 0) is 63.1 Å². The zero-order chi connectivity index (χ0) is 29.0. The average molecular weight is 546 g/mol. The van der Waals surface area contributed by atoms with Crippen LogP contribution < -0.4 is 9.64 Å². The summed E-state index contributed by atoms with van der Waals surface area (Å²) < 4.78 is 40.0. The molecule has 4 rings (SSSR count). The molecule has 1 amide bonds. The highest BCUT2D eigenvalue weighted by Gasteiger charge is 2.26. The molecule has 0 bridgehead atoms. The van der Waals surface area contributed by atoms with E-state index in [-0.39, 0.29) is 22.6 Å². The maximum Gasteiger partial charge on any atom is 0.410 e. The minimum Gasteiger partial charge on any atom is -0.494 e. The average Bonchev–Trinajstić information content (AvgIpc) is 3.18. The van der Waals surface area contributed by atoms with Crippen LogP contribution in [0.25, 0.3) is 22.4 Å². The minimum atomic E-state index is -0.736. The number of anilines is 1. The van der Waals surface area contributed by atoms with E-state index < -0.39 is 23.3 Å². The summed E-state index contributed by atoms with van der Waals surface area (Å²) in [5.74, 6) is -0.864. The molecule has 1 aliphatic heterocycles. The Balaban J connectivity index is 1.80. The van der Waals surface area contributed by atoms with Crippen LogP contribution in [-0.4, -0.2) is 54.9 Å². The Morgan fingerprint density at radius 3 is 2.25 bits per heavy atom. The van der Waals surface area contributed by atoms with Gasteiger partial charge in [0.1, 0.15) is 23.3 Å². The quantitative estimate of drug-likeness (QED) is 0.403. The number of carbonyl (C=O) groups is 1. The Labute approximate surface area is 232 Å². The van der Waals surface area contributed by atoms with Gasteiger partial charge in [0.05, 0.1) is 30.0 Å². The van der Waals surface area contributed by atoms with Crippen molar-refractivity contribution in [3.63, 3.8) is 0 Å². The van der Waals surface area contributed by atoms with Crippen molar-refractivity contribution < 1.29 is 23.0 Å². The van der Waals surface area contributed by atoms with Gasteiger partial charge in [-0.1, -0.05) is 12.1 Å². The van der Waals surface area contributed by atoms with Crippen molar-refractivity contribution in [2.24, 2.45) is 0 Å². The monoisotopic (exact) mass is 545 g/mol. The summed E-state index contributed by atoms with van der Waals surface area (Å²) in [5.41, 5.74) is 0.730. The predicted octanol–water partition coefficient (Wildman–Crippen LogP) is 5.89. The van der Waals surface area contributed by atoms with Crippen LogP contribution in [0.3, 0.4) is 0 Å². The lowest BCUT2D eigenvalue weighted by Crippen LogP contribution is -2.39. The van der Waals surface area contributed by atoms with Crippen molar-refractivity contribution in [1.29, 1.82) is 10.5 Å². The second kappa shape index (κ2) is 11.6. The Morgan fingerprint density at radius 1 is 0.925 bits per heavy atom. The minimum absolute atomic E-state index is 0.0388. The van der Waals surface area contributed by atoms with Crippen molar-refractivity contribution in [3.8, 4) is 40.3 Å². The molecule has 0 spiro atoms. The highest BCUT2D eigenvalue weighted by molar-refractivity contribution is 5.87. The summed E-state index contributed by atoms with van der Waals surface area (Å²) in [6, 6.07) is 14.0. The van der Waals surface area contributed by atoms with Crippen molar-refractivity contribution >= 4 is 11.9 Å². The molecule has 1 saturated heterocycles. The summed E-state index contributed by atoms with van der Waals surface area (Å²) >= 11 is 0. The Bertz CT molecular complexity index is 1520. The lowest BCUT2D eigenvalue weighted by atomic mass is 9.94. The van der Waals surface area contributed by atoms with Gasteiger partial charge in [0.2, 0.25) is 0 Å². The number of hydrogen-bond donors (Lipinski definition) is 0. The lowest BCUT2D eigenvalue weighted by Gasteiger charge is -2.27. The molecule has 40 heavy (non-hydrogen) atoms. The fourth-order valence-electron chi connectivity index (χ4n) is 4.51. The van der Waals surface area contributed by atoms with Crippen LogP contribution in [0.15, 0.2) is 42.5 Å². The van der Waals surface area contributed by atoms with Crippen molar-refractivity contribution in [3.05, 3.63) is 65.2 Å². The number of ether oxygens (including phenoxy) is 2. The van der Waals surface area contributed by atoms with Crippen LogP contribution in [0.2, 0.25) is 0 Å². The molecule has 0 radical (unpaired) electrons. The number of aromatic nitrogens is 1. The third-order valence-electron chi connectivity index (χ3n) is 6.40. The lowest BCUT2D eigenvalue weighted by molar-refractivity contribution is 0.0263. The third-order valence-corrected chi connectivity index (χ3v) is 6.40. The number of halogens is 2. The van der Waals surface area contributed by atoms with Crippen molar-refractivity contribution in [2.75, 3.05) is 38.2 Å². The van der Waals surface area contributed by atoms with E-state index in [9.17, 15) is 24.1 Å². The topological polar surface area (TPSA) is 102 Å². The number of nitrogens with zero attached hydrogens (tertiary/aromatic N) is 5. The summed E-state index contributed by atoms with van der Waals surface area (Å²) in [4.78, 5) is 21.1. The molecule has 0 unspecified atom stereocenters. The van der Waals surface area contributed by atoms with Gasteiger partial charge in [-0.2, -0.15) is 10.5 Å². The van der Waals surface area contributed by atoms with Crippen molar-refractivity contribution in [1.82, 2.24) is 9.88 Å². The molecular formula is C30H29F2N5O3. The van der Waals surface area contributed by atoms with E-state index in [2.05, 4.69) is 6.07 Å². The van der Waals surface area contributed by atoms with E-state index in [0.29, 0.717) is 55.1 Å². The largest absolute Gasteiger partial charge is 0.494 e. The molecule has 3 aromatic rings. The molecule has 10 heteroatoms. The summed E-state index contributed by atoms with van der Waals surface area (Å²) in [6.45, 7) is 7.28. The number of benzene rings is 2. The van der Waals surface area contributed by atoms with E-state index in [1.165, 1.54) is 31.4 Å². The van der Waals surface area contributed by atoms with Crippen LogP contribution in [-0.2, 0) is 4.74 Å². The van der Waals surface area contributed by atoms with Crippen LogP contribution in [0.4, 0.5) is 19.4 Å². The summed E-state index contributed by atoms with van der Waals surface area (Å²) in [6.07, 6.45) is 0.236. The molecule has 2 heterocycles. The first kappa shape index (κ1) is 28.3.